The van der Waals surface area contributed by atoms with E-state index in [1.165, 1.54) is 18.5 Å². The number of aromatic nitrogens is 2. The van der Waals surface area contributed by atoms with Crippen molar-refractivity contribution in [2.75, 3.05) is 20.1 Å². The molecule has 2 N–H and O–H groups in total. The first-order chi connectivity index (χ1) is 9.69. The molecule has 5 nitrogen and oxygen atoms in total. The summed E-state index contributed by atoms with van der Waals surface area (Å²) in [5.74, 6) is -0.564. The highest BCUT2D eigenvalue weighted by Crippen LogP contribution is 2.21. The third kappa shape index (κ3) is 2.27. The molecule has 1 saturated heterocycles. The Morgan fingerprint density at radius 1 is 1.45 bits per heavy atom. The van der Waals surface area contributed by atoms with E-state index in [-0.39, 0.29) is 5.91 Å². The predicted octanol–water partition coefficient (Wildman–Crippen LogP) is 1.53. The van der Waals surface area contributed by atoms with Crippen molar-refractivity contribution in [1.29, 1.82) is 0 Å². The number of fused-ring (bicyclic) bond motifs is 1. The second-order valence-corrected chi connectivity index (χ2v) is 5.11. The Morgan fingerprint density at radius 3 is 2.90 bits per heavy atom. The number of halogens is 1. The predicted molar refractivity (Wildman–Crippen MR) is 74.0 cm³/mol. The van der Waals surface area contributed by atoms with Gasteiger partial charge in [-0.2, -0.15) is 0 Å². The molecule has 0 spiro atoms. The molecule has 1 fully saturated rings. The smallest absolute Gasteiger partial charge is 0.256 e. The van der Waals surface area contributed by atoms with Gasteiger partial charge in [0.2, 0.25) is 0 Å². The van der Waals surface area contributed by atoms with E-state index >= 15 is 0 Å². The maximum absolute atomic E-state index is 13.6. The second kappa shape index (κ2) is 5.20. The van der Waals surface area contributed by atoms with Gasteiger partial charge < -0.3 is 15.2 Å². The zero-order valence-electron chi connectivity index (χ0n) is 11.3. The molecule has 3 rings (SSSR count). The summed E-state index contributed by atoms with van der Waals surface area (Å²) in [5.41, 5.74) is 1.43. The number of nitrogens with zero attached hydrogens (tertiary/aromatic N) is 2. The number of hydrogen-bond donors (Lipinski definition) is 2. The first-order valence-electron chi connectivity index (χ1n) is 6.78. The lowest BCUT2D eigenvalue weighted by atomic mass is 10.0. The monoisotopic (exact) mass is 276 g/mol. The average Bonchev–Trinajstić information content (AvgIpc) is 2.94. The van der Waals surface area contributed by atoms with Crippen LogP contribution < -0.4 is 5.32 Å². The van der Waals surface area contributed by atoms with Gasteiger partial charge in [0.05, 0.1) is 17.4 Å². The molecule has 0 bridgehead atoms. The molecule has 1 aromatic carbocycles. The number of rotatable bonds is 2. The molecule has 1 aliphatic rings. The summed E-state index contributed by atoms with van der Waals surface area (Å²) in [5, 5.41) is 3.22. The Hall–Kier alpha value is -1.95. The summed E-state index contributed by atoms with van der Waals surface area (Å²) >= 11 is 0. The first kappa shape index (κ1) is 13.1. The van der Waals surface area contributed by atoms with Gasteiger partial charge in [-0.15, -0.1) is 0 Å². The molecule has 0 saturated carbocycles. The minimum atomic E-state index is -0.421. The van der Waals surface area contributed by atoms with Crippen LogP contribution in [0.5, 0.6) is 0 Å². The van der Waals surface area contributed by atoms with Crippen LogP contribution in [0.15, 0.2) is 18.5 Å². The van der Waals surface area contributed by atoms with Gasteiger partial charge in [0.1, 0.15) is 11.3 Å². The number of imidazole rings is 1. The van der Waals surface area contributed by atoms with Crippen molar-refractivity contribution in [3.05, 3.63) is 29.8 Å². The topological polar surface area (TPSA) is 61.0 Å². The third-order valence-corrected chi connectivity index (χ3v) is 3.91. The van der Waals surface area contributed by atoms with Crippen LogP contribution in [0.2, 0.25) is 0 Å². The van der Waals surface area contributed by atoms with Crippen LogP contribution in [0, 0.1) is 5.82 Å². The van der Waals surface area contributed by atoms with Crippen LogP contribution in [0.1, 0.15) is 23.2 Å². The van der Waals surface area contributed by atoms with E-state index < -0.39 is 5.82 Å². The van der Waals surface area contributed by atoms with Crippen molar-refractivity contribution in [1.82, 2.24) is 20.2 Å². The molecule has 6 heteroatoms. The lowest BCUT2D eigenvalue weighted by Gasteiger charge is -2.31. The van der Waals surface area contributed by atoms with E-state index in [2.05, 4.69) is 15.3 Å². The van der Waals surface area contributed by atoms with E-state index in [4.69, 9.17) is 0 Å². The largest absolute Gasteiger partial charge is 0.344 e. The van der Waals surface area contributed by atoms with Crippen LogP contribution in [0.25, 0.3) is 11.0 Å². The molecule has 1 amide bonds. The number of carbonyl (C=O) groups is 1. The van der Waals surface area contributed by atoms with Gasteiger partial charge in [0.25, 0.3) is 5.91 Å². The van der Waals surface area contributed by atoms with Crippen LogP contribution in [-0.4, -0.2) is 47.0 Å². The molecule has 0 aliphatic carbocycles. The van der Waals surface area contributed by atoms with Gasteiger partial charge in [-0.05, 0) is 32.0 Å². The molecule has 0 atom stereocenters. The number of aromatic amines is 1. The second-order valence-electron chi connectivity index (χ2n) is 5.11. The van der Waals surface area contributed by atoms with Crippen molar-refractivity contribution in [2.24, 2.45) is 0 Å². The SMILES string of the molecule is CNC1CCN(C(=O)c2cc(F)cc3[nH]cnc23)CC1. The van der Waals surface area contributed by atoms with E-state index in [1.54, 1.807) is 4.90 Å². The number of piperidine rings is 1. The Morgan fingerprint density at radius 2 is 2.20 bits per heavy atom. The van der Waals surface area contributed by atoms with E-state index in [0.29, 0.717) is 35.7 Å². The first-order valence-corrected chi connectivity index (χ1v) is 6.78. The summed E-state index contributed by atoms with van der Waals surface area (Å²) in [6, 6.07) is 3.08. The minimum absolute atomic E-state index is 0.142. The summed E-state index contributed by atoms with van der Waals surface area (Å²) in [6.07, 6.45) is 3.32. The van der Waals surface area contributed by atoms with Crippen molar-refractivity contribution < 1.29 is 9.18 Å². The minimum Gasteiger partial charge on any atom is -0.344 e. The maximum atomic E-state index is 13.6. The Balaban J connectivity index is 1.87. The fraction of sp³-hybridized carbons (Fsp3) is 0.429. The van der Waals surface area contributed by atoms with Gasteiger partial charge in [-0.25, -0.2) is 9.37 Å². The van der Waals surface area contributed by atoms with Gasteiger partial charge >= 0.3 is 0 Å². The fourth-order valence-corrected chi connectivity index (χ4v) is 2.72. The van der Waals surface area contributed by atoms with Gasteiger partial charge in [-0.3, -0.25) is 4.79 Å². The third-order valence-electron chi connectivity index (χ3n) is 3.91. The van der Waals surface area contributed by atoms with E-state index in [9.17, 15) is 9.18 Å². The Kier molecular flexibility index (Phi) is 3.40. The maximum Gasteiger partial charge on any atom is 0.256 e. The standard InChI is InChI=1S/C14H17FN4O/c1-16-10-2-4-19(5-3-10)14(20)11-6-9(15)7-12-13(11)18-8-17-12/h6-8,10,16H,2-5H2,1H3,(H,17,18). The van der Waals surface area contributed by atoms with Crippen LogP contribution in [-0.2, 0) is 0 Å². The van der Waals surface area contributed by atoms with Crippen molar-refractivity contribution in [3.63, 3.8) is 0 Å². The number of H-pyrrole nitrogens is 1. The highest BCUT2D eigenvalue weighted by molar-refractivity contribution is 6.04. The quantitative estimate of drug-likeness (QED) is 0.874. The molecule has 106 valence electrons. The fourth-order valence-electron chi connectivity index (χ4n) is 2.72. The normalized spacial score (nSPS) is 16.8. The number of nitrogens with one attached hydrogen (secondary N) is 2. The number of amides is 1. The molecule has 0 radical (unpaired) electrons. The zero-order chi connectivity index (χ0) is 14.1. The molecule has 2 heterocycles. The number of likely N-dealkylation sites (tertiary alicyclic amines) is 1. The number of carbonyl (C=O) groups excluding carboxylic acids is 1. The van der Waals surface area contributed by atoms with E-state index in [1.807, 2.05) is 7.05 Å². The Labute approximate surface area is 116 Å². The van der Waals surface area contributed by atoms with Crippen LogP contribution >= 0.6 is 0 Å². The lowest BCUT2D eigenvalue weighted by Crippen LogP contribution is -2.44. The van der Waals surface area contributed by atoms with Gasteiger partial charge in [0, 0.05) is 19.1 Å². The molecule has 1 aliphatic heterocycles. The summed E-state index contributed by atoms with van der Waals surface area (Å²) < 4.78 is 13.6. The van der Waals surface area contributed by atoms with Crippen LogP contribution in [0.3, 0.4) is 0 Å². The van der Waals surface area contributed by atoms with Crippen molar-refractivity contribution >= 4 is 16.9 Å². The molecule has 0 unspecified atom stereocenters. The number of benzene rings is 1. The van der Waals surface area contributed by atoms with Crippen molar-refractivity contribution in [2.45, 2.75) is 18.9 Å². The molecule has 1 aromatic heterocycles. The van der Waals surface area contributed by atoms with Crippen molar-refractivity contribution in [3.8, 4) is 0 Å². The van der Waals surface area contributed by atoms with Gasteiger partial charge in [0.15, 0.2) is 0 Å². The highest BCUT2D eigenvalue weighted by atomic mass is 19.1. The average molecular weight is 276 g/mol. The molecule has 20 heavy (non-hydrogen) atoms. The molecular weight excluding hydrogens is 259 g/mol. The number of hydrogen-bond acceptors (Lipinski definition) is 3. The highest BCUT2D eigenvalue weighted by Gasteiger charge is 2.25. The van der Waals surface area contributed by atoms with Gasteiger partial charge in [-0.1, -0.05) is 0 Å². The summed E-state index contributed by atoms with van der Waals surface area (Å²) in [7, 11) is 1.93. The van der Waals surface area contributed by atoms with Crippen LogP contribution in [0.4, 0.5) is 4.39 Å². The lowest BCUT2D eigenvalue weighted by molar-refractivity contribution is 0.0708. The molecule has 2 aromatic rings. The molecular formula is C14H17FN4O. The van der Waals surface area contributed by atoms with E-state index in [0.717, 1.165) is 12.8 Å². The summed E-state index contributed by atoms with van der Waals surface area (Å²) in [4.78, 5) is 21.3. The Bertz CT molecular complexity index is 631. The zero-order valence-corrected chi connectivity index (χ0v) is 11.3. The summed E-state index contributed by atoms with van der Waals surface area (Å²) in [6.45, 7) is 1.37.